The average Bonchev–Trinajstić information content (AvgIpc) is 2.52. The van der Waals surface area contributed by atoms with E-state index in [1.807, 2.05) is 0 Å². The topological polar surface area (TPSA) is 106 Å². The summed E-state index contributed by atoms with van der Waals surface area (Å²) in [6.45, 7) is -0.137. The normalized spacial score (nSPS) is 11.1. The number of carbonyl (C=O) groups is 1. The minimum Gasteiger partial charge on any atom is -0.348 e. The maximum Gasteiger partial charge on any atom is 0.271 e. The fraction of sp³-hybridized carbons (Fsp3) is 0.133. The highest BCUT2D eigenvalue weighted by molar-refractivity contribution is 7.90. The molecule has 0 bridgehead atoms. The van der Waals surface area contributed by atoms with Gasteiger partial charge in [0.05, 0.1) is 9.82 Å². The molecule has 0 fully saturated rings. The quantitative estimate of drug-likeness (QED) is 0.655. The second-order valence-electron chi connectivity index (χ2n) is 5.02. The summed E-state index contributed by atoms with van der Waals surface area (Å²) in [6, 6.07) is 8.69. The van der Waals surface area contributed by atoms with E-state index >= 15 is 0 Å². The summed E-state index contributed by atoms with van der Waals surface area (Å²) in [5.74, 6) is -1.25. The van der Waals surface area contributed by atoms with Crippen LogP contribution in [0.25, 0.3) is 0 Å². The SMILES string of the molecule is CS(=O)(=O)c1cc(C(=O)NCc2ccccc2F)cc([N+](=O)[O-])c1. The highest BCUT2D eigenvalue weighted by atomic mass is 32.2. The fourth-order valence-electron chi connectivity index (χ4n) is 1.95. The van der Waals surface area contributed by atoms with Gasteiger partial charge in [-0.1, -0.05) is 18.2 Å². The second kappa shape index (κ2) is 6.75. The van der Waals surface area contributed by atoms with Crippen molar-refractivity contribution < 1.29 is 22.5 Å². The molecule has 0 aliphatic carbocycles. The third kappa shape index (κ3) is 4.13. The largest absolute Gasteiger partial charge is 0.348 e. The number of nitro benzene ring substituents is 1. The predicted molar refractivity (Wildman–Crippen MR) is 83.8 cm³/mol. The molecule has 0 radical (unpaired) electrons. The number of rotatable bonds is 5. The zero-order valence-corrected chi connectivity index (χ0v) is 13.3. The molecule has 0 aliphatic heterocycles. The van der Waals surface area contributed by atoms with Crippen LogP contribution >= 0.6 is 0 Å². The van der Waals surface area contributed by atoms with Crippen molar-refractivity contribution in [2.75, 3.05) is 6.26 Å². The van der Waals surface area contributed by atoms with Gasteiger partial charge in [-0.15, -0.1) is 0 Å². The van der Waals surface area contributed by atoms with E-state index in [9.17, 15) is 27.7 Å². The number of hydrogen-bond donors (Lipinski definition) is 1. The van der Waals surface area contributed by atoms with Crippen molar-refractivity contribution in [3.05, 3.63) is 69.5 Å². The van der Waals surface area contributed by atoms with Gasteiger partial charge < -0.3 is 5.32 Å². The molecule has 0 saturated carbocycles. The standard InChI is InChI=1S/C15H13FN2O5S/c1-24(22,23)13-7-11(6-12(8-13)18(20)21)15(19)17-9-10-4-2-3-5-14(10)16/h2-8H,9H2,1H3,(H,17,19). The number of halogens is 1. The Bertz CT molecular complexity index is 912. The van der Waals surface area contributed by atoms with Gasteiger partial charge in [-0.25, -0.2) is 12.8 Å². The summed E-state index contributed by atoms with van der Waals surface area (Å²) < 4.78 is 36.7. The molecular weight excluding hydrogens is 339 g/mol. The minimum absolute atomic E-state index is 0.137. The van der Waals surface area contributed by atoms with Crippen molar-refractivity contribution in [3.8, 4) is 0 Å². The number of amides is 1. The van der Waals surface area contributed by atoms with Gasteiger partial charge in [0.25, 0.3) is 11.6 Å². The van der Waals surface area contributed by atoms with E-state index in [4.69, 9.17) is 0 Å². The summed E-state index contributed by atoms with van der Waals surface area (Å²) in [7, 11) is -3.73. The van der Waals surface area contributed by atoms with Gasteiger partial charge in [-0.05, 0) is 12.1 Å². The van der Waals surface area contributed by atoms with Crippen molar-refractivity contribution in [1.82, 2.24) is 5.32 Å². The lowest BCUT2D eigenvalue weighted by Crippen LogP contribution is -2.23. The zero-order chi connectivity index (χ0) is 17.9. The van der Waals surface area contributed by atoms with Gasteiger partial charge in [-0.3, -0.25) is 14.9 Å². The first-order valence-corrected chi connectivity index (χ1v) is 8.59. The summed E-state index contributed by atoms with van der Waals surface area (Å²) in [5.41, 5.74) is -0.477. The summed E-state index contributed by atoms with van der Waals surface area (Å²) >= 11 is 0. The Morgan fingerprint density at radius 1 is 1.25 bits per heavy atom. The number of sulfone groups is 1. The van der Waals surface area contributed by atoms with E-state index in [-0.39, 0.29) is 22.6 Å². The first-order chi connectivity index (χ1) is 11.2. The molecule has 0 saturated heterocycles. The Kier molecular flexibility index (Phi) is 4.93. The van der Waals surface area contributed by atoms with Crippen LogP contribution in [0, 0.1) is 15.9 Å². The summed E-state index contributed by atoms with van der Waals surface area (Å²) in [4.78, 5) is 21.9. The summed E-state index contributed by atoms with van der Waals surface area (Å²) in [6.07, 6.45) is 0.882. The van der Waals surface area contributed by atoms with Gasteiger partial charge >= 0.3 is 0 Å². The number of benzene rings is 2. The molecule has 7 nitrogen and oxygen atoms in total. The molecule has 24 heavy (non-hydrogen) atoms. The number of non-ortho nitro benzene ring substituents is 1. The monoisotopic (exact) mass is 352 g/mol. The molecule has 1 N–H and O–H groups in total. The Hall–Kier alpha value is -2.81. The van der Waals surface area contributed by atoms with Crippen LogP contribution in [0.4, 0.5) is 10.1 Å². The Labute approximate surface area is 137 Å². The fourth-order valence-corrected chi connectivity index (χ4v) is 2.63. The molecular formula is C15H13FN2O5S. The van der Waals surface area contributed by atoms with Crippen molar-refractivity contribution in [2.45, 2.75) is 11.4 Å². The van der Waals surface area contributed by atoms with Gasteiger partial charge in [0.1, 0.15) is 5.82 Å². The van der Waals surface area contributed by atoms with E-state index < -0.39 is 32.2 Å². The van der Waals surface area contributed by atoms with E-state index in [0.717, 1.165) is 24.5 Å². The highest BCUT2D eigenvalue weighted by Gasteiger charge is 2.19. The molecule has 126 valence electrons. The van der Waals surface area contributed by atoms with Crippen LogP contribution in [0.15, 0.2) is 47.4 Å². The first kappa shape index (κ1) is 17.5. The van der Waals surface area contributed by atoms with E-state index in [0.29, 0.717) is 0 Å². The number of nitro groups is 1. The van der Waals surface area contributed by atoms with Crippen molar-refractivity contribution >= 4 is 21.4 Å². The van der Waals surface area contributed by atoms with Crippen LogP contribution in [0.5, 0.6) is 0 Å². The van der Waals surface area contributed by atoms with Gasteiger partial charge in [0.2, 0.25) is 0 Å². The number of nitrogens with one attached hydrogen (secondary N) is 1. The number of carbonyl (C=O) groups excluding carboxylic acids is 1. The number of nitrogens with zero attached hydrogens (tertiary/aromatic N) is 1. The molecule has 2 rings (SSSR count). The maximum absolute atomic E-state index is 13.5. The molecule has 1 amide bonds. The summed E-state index contributed by atoms with van der Waals surface area (Å²) in [5, 5.41) is 13.3. The lowest BCUT2D eigenvalue weighted by atomic mass is 10.1. The molecule has 2 aromatic carbocycles. The van der Waals surface area contributed by atoms with Gasteiger partial charge in [0, 0.05) is 36.1 Å². The molecule has 0 aromatic heterocycles. The Morgan fingerprint density at radius 2 is 1.92 bits per heavy atom. The zero-order valence-electron chi connectivity index (χ0n) is 12.5. The third-order valence-electron chi connectivity index (χ3n) is 3.19. The number of hydrogen-bond acceptors (Lipinski definition) is 5. The third-order valence-corrected chi connectivity index (χ3v) is 4.28. The second-order valence-corrected chi connectivity index (χ2v) is 7.03. The Balaban J connectivity index is 2.30. The molecule has 0 unspecified atom stereocenters. The Morgan fingerprint density at radius 3 is 2.50 bits per heavy atom. The first-order valence-electron chi connectivity index (χ1n) is 6.69. The van der Waals surface area contributed by atoms with Gasteiger partial charge in [0.15, 0.2) is 9.84 Å². The van der Waals surface area contributed by atoms with Crippen molar-refractivity contribution in [2.24, 2.45) is 0 Å². The van der Waals surface area contributed by atoms with Crippen LogP contribution in [-0.2, 0) is 16.4 Å². The minimum atomic E-state index is -3.73. The lowest BCUT2D eigenvalue weighted by molar-refractivity contribution is -0.385. The molecule has 9 heteroatoms. The van der Waals surface area contributed by atoms with Crippen LogP contribution in [0.3, 0.4) is 0 Å². The maximum atomic E-state index is 13.5. The highest BCUT2D eigenvalue weighted by Crippen LogP contribution is 2.21. The smallest absolute Gasteiger partial charge is 0.271 e. The lowest BCUT2D eigenvalue weighted by Gasteiger charge is -2.08. The van der Waals surface area contributed by atoms with Crippen molar-refractivity contribution in [1.29, 1.82) is 0 Å². The predicted octanol–water partition coefficient (Wildman–Crippen LogP) is 2.07. The van der Waals surface area contributed by atoms with Crippen molar-refractivity contribution in [3.63, 3.8) is 0 Å². The van der Waals surface area contributed by atoms with E-state index in [1.165, 1.54) is 18.2 Å². The van der Waals surface area contributed by atoms with Gasteiger partial charge in [-0.2, -0.15) is 0 Å². The average molecular weight is 352 g/mol. The molecule has 2 aromatic rings. The van der Waals surface area contributed by atoms with Crippen LogP contribution in [0.2, 0.25) is 0 Å². The van der Waals surface area contributed by atoms with E-state index in [2.05, 4.69) is 5.32 Å². The molecule has 0 atom stereocenters. The molecule has 0 aliphatic rings. The van der Waals surface area contributed by atoms with E-state index in [1.54, 1.807) is 6.07 Å². The molecule has 0 heterocycles. The van der Waals surface area contributed by atoms with Crippen LogP contribution in [-0.4, -0.2) is 25.5 Å². The van der Waals surface area contributed by atoms with Crippen LogP contribution < -0.4 is 5.32 Å². The molecule has 0 spiro atoms. The van der Waals surface area contributed by atoms with Crippen LogP contribution in [0.1, 0.15) is 15.9 Å².